The summed E-state index contributed by atoms with van der Waals surface area (Å²) in [7, 11) is 3.63. The molecule has 0 unspecified atom stereocenters. The Morgan fingerprint density at radius 1 is 1.18 bits per heavy atom. The van der Waals surface area contributed by atoms with E-state index >= 15 is 0 Å². The lowest BCUT2D eigenvalue weighted by Crippen LogP contribution is -2.43. The van der Waals surface area contributed by atoms with E-state index in [9.17, 15) is 9.59 Å². The molecule has 1 aromatic heterocycles. The number of benzene rings is 1. The highest BCUT2D eigenvalue weighted by molar-refractivity contribution is 5.50. The van der Waals surface area contributed by atoms with Gasteiger partial charge >= 0.3 is 5.69 Å². The monoisotopic (exact) mass is 299 g/mol. The molecule has 0 spiro atoms. The molecule has 0 fully saturated rings. The molecule has 22 heavy (non-hydrogen) atoms. The van der Waals surface area contributed by atoms with Crippen LogP contribution in [0.25, 0.3) is 5.69 Å². The summed E-state index contributed by atoms with van der Waals surface area (Å²) in [5.41, 5.74) is 1.21. The molecule has 0 aliphatic rings. The van der Waals surface area contributed by atoms with E-state index in [0.29, 0.717) is 24.3 Å². The van der Waals surface area contributed by atoms with E-state index in [0.717, 1.165) is 5.69 Å². The molecule has 1 heterocycles. The Labute approximate surface area is 129 Å². The van der Waals surface area contributed by atoms with E-state index in [2.05, 4.69) is 6.58 Å². The van der Waals surface area contributed by atoms with Gasteiger partial charge in [0.05, 0.1) is 11.4 Å². The first-order valence-corrected chi connectivity index (χ1v) is 7.25. The van der Waals surface area contributed by atoms with Gasteiger partial charge in [0.15, 0.2) is 0 Å². The van der Waals surface area contributed by atoms with E-state index in [1.807, 2.05) is 39.2 Å². The number of hydrogen-bond donors (Lipinski definition) is 0. The summed E-state index contributed by atoms with van der Waals surface area (Å²) in [5, 5.41) is 0. The first kappa shape index (κ1) is 15.8. The van der Waals surface area contributed by atoms with Crippen molar-refractivity contribution in [2.45, 2.75) is 19.9 Å². The molecule has 0 aliphatic heterocycles. The minimum Gasteiger partial charge on any atom is -0.372 e. The van der Waals surface area contributed by atoms with Gasteiger partial charge in [0.25, 0.3) is 5.56 Å². The molecular formula is C17H21N3O2. The summed E-state index contributed by atoms with van der Waals surface area (Å²) in [6.45, 7) is 6.02. The van der Waals surface area contributed by atoms with Gasteiger partial charge < -0.3 is 4.90 Å². The Kier molecular flexibility index (Phi) is 4.65. The summed E-state index contributed by atoms with van der Waals surface area (Å²) >= 11 is 0. The van der Waals surface area contributed by atoms with E-state index in [1.54, 1.807) is 27.7 Å². The van der Waals surface area contributed by atoms with E-state index in [4.69, 9.17) is 0 Å². The fourth-order valence-corrected chi connectivity index (χ4v) is 2.61. The summed E-state index contributed by atoms with van der Waals surface area (Å²) in [6.07, 6.45) is 2.27. The highest BCUT2D eigenvalue weighted by Crippen LogP contribution is 2.14. The van der Waals surface area contributed by atoms with E-state index in [1.165, 1.54) is 4.57 Å². The van der Waals surface area contributed by atoms with Gasteiger partial charge in [-0.2, -0.15) is 0 Å². The Bertz CT molecular complexity index is 786. The van der Waals surface area contributed by atoms with E-state index in [-0.39, 0.29) is 11.2 Å². The van der Waals surface area contributed by atoms with Crippen molar-refractivity contribution in [1.82, 2.24) is 9.13 Å². The zero-order chi connectivity index (χ0) is 16.3. The molecule has 0 amide bonds. The molecule has 0 aliphatic carbocycles. The van der Waals surface area contributed by atoms with Gasteiger partial charge in [-0.3, -0.25) is 9.36 Å². The molecule has 0 N–H and O–H groups in total. The summed E-state index contributed by atoms with van der Waals surface area (Å²) in [5.74, 6) is 0. The zero-order valence-corrected chi connectivity index (χ0v) is 13.2. The van der Waals surface area contributed by atoms with Crippen molar-refractivity contribution in [3.8, 4) is 5.69 Å². The Morgan fingerprint density at radius 3 is 2.32 bits per heavy atom. The predicted molar refractivity (Wildman–Crippen MR) is 90.2 cm³/mol. The zero-order valence-electron chi connectivity index (χ0n) is 13.2. The molecular weight excluding hydrogens is 278 g/mol. The van der Waals surface area contributed by atoms with Crippen LogP contribution in [0.15, 0.2) is 52.6 Å². The van der Waals surface area contributed by atoms with Crippen molar-refractivity contribution in [1.29, 1.82) is 0 Å². The van der Waals surface area contributed by atoms with Gasteiger partial charge in [-0.15, -0.1) is 6.58 Å². The second-order valence-electron chi connectivity index (χ2n) is 5.20. The first-order chi connectivity index (χ1) is 10.5. The van der Waals surface area contributed by atoms with Crippen molar-refractivity contribution in [3.63, 3.8) is 0 Å². The van der Waals surface area contributed by atoms with Crippen LogP contribution in [0.1, 0.15) is 12.6 Å². The predicted octanol–water partition coefficient (Wildman–Crippen LogP) is 1.81. The van der Waals surface area contributed by atoms with Crippen LogP contribution in [-0.4, -0.2) is 23.2 Å². The fraction of sp³-hybridized carbons (Fsp3) is 0.294. The molecule has 5 nitrogen and oxygen atoms in total. The average molecular weight is 299 g/mol. The van der Waals surface area contributed by atoms with Gasteiger partial charge in [-0.05, 0) is 18.6 Å². The Hall–Kier alpha value is -2.56. The lowest BCUT2D eigenvalue weighted by Gasteiger charge is -2.22. The maximum Gasteiger partial charge on any atom is 0.336 e. The number of allylic oxidation sites excluding steroid dienone is 1. The first-order valence-electron chi connectivity index (χ1n) is 7.25. The second kappa shape index (κ2) is 6.47. The lowest BCUT2D eigenvalue weighted by molar-refractivity contribution is 0.651. The van der Waals surface area contributed by atoms with E-state index < -0.39 is 0 Å². The highest BCUT2D eigenvalue weighted by atomic mass is 16.2. The lowest BCUT2D eigenvalue weighted by atomic mass is 10.2. The standard InChI is InChI=1S/C17H21N3O2/c1-5-12-19-14(6-2)15(18(3)4)16(21)20(17(19)22)13-10-8-7-9-11-13/h5,7-11H,1,6,12H2,2-4H3. The number of para-hydroxylation sites is 1. The van der Waals surface area contributed by atoms with Crippen LogP contribution < -0.4 is 16.1 Å². The van der Waals surface area contributed by atoms with Crippen LogP contribution in [0.3, 0.4) is 0 Å². The smallest absolute Gasteiger partial charge is 0.336 e. The van der Waals surface area contributed by atoms with Gasteiger partial charge in [-0.1, -0.05) is 31.2 Å². The van der Waals surface area contributed by atoms with Crippen molar-refractivity contribution in [2.24, 2.45) is 0 Å². The molecule has 2 aromatic rings. The Balaban J connectivity index is 2.94. The number of hydrogen-bond acceptors (Lipinski definition) is 3. The molecule has 2 rings (SSSR count). The van der Waals surface area contributed by atoms with Crippen LogP contribution in [0.2, 0.25) is 0 Å². The van der Waals surface area contributed by atoms with Gasteiger partial charge in [0.1, 0.15) is 5.69 Å². The minimum absolute atomic E-state index is 0.293. The van der Waals surface area contributed by atoms with Crippen LogP contribution in [0.4, 0.5) is 5.69 Å². The molecule has 0 saturated carbocycles. The minimum atomic E-state index is -0.335. The number of nitrogens with zero attached hydrogens (tertiary/aromatic N) is 3. The number of rotatable bonds is 5. The normalized spacial score (nSPS) is 10.5. The van der Waals surface area contributed by atoms with Crippen LogP contribution >= 0.6 is 0 Å². The average Bonchev–Trinajstić information content (AvgIpc) is 2.50. The quantitative estimate of drug-likeness (QED) is 0.791. The number of aromatic nitrogens is 2. The third kappa shape index (κ3) is 2.62. The van der Waals surface area contributed by atoms with Crippen molar-refractivity contribution >= 4 is 5.69 Å². The molecule has 0 saturated heterocycles. The third-order valence-corrected chi connectivity index (χ3v) is 3.54. The summed E-state index contributed by atoms with van der Waals surface area (Å²) in [6, 6.07) is 8.98. The topological polar surface area (TPSA) is 47.2 Å². The maximum absolute atomic E-state index is 12.9. The second-order valence-corrected chi connectivity index (χ2v) is 5.20. The fourth-order valence-electron chi connectivity index (χ4n) is 2.61. The summed E-state index contributed by atoms with van der Waals surface area (Å²) in [4.78, 5) is 27.4. The highest BCUT2D eigenvalue weighted by Gasteiger charge is 2.19. The van der Waals surface area contributed by atoms with Gasteiger partial charge in [0.2, 0.25) is 0 Å². The largest absolute Gasteiger partial charge is 0.372 e. The molecule has 0 radical (unpaired) electrons. The summed E-state index contributed by atoms with van der Waals surface area (Å²) < 4.78 is 2.83. The molecule has 0 bridgehead atoms. The van der Waals surface area contributed by atoms with Gasteiger partial charge in [-0.25, -0.2) is 9.36 Å². The maximum atomic E-state index is 12.9. The van der Waals surface area contributed by atoms with Crippen LogP contribution in [-0.2, 0) is 13.0 Å². The molecule has 116 valence electrons. The SMILES string of the molecule is C=CCn1c(CC)c(N(C)C)c(=O)n(-c2ccccc2)c1=O. The van der Waals surface area contributed by atoms with Gasteiger partial charge in [0, 0.05) is 20.6 Å². The van der Waals surface area contributed by atoms with Crippen molar-refractivity contribution in [3.05, 3.63) is 69.5 Å². The van der Waals surface area contributed by atoms with Crippen LogP contribution in [0.5, 0.6) is 0 Å². The molecule has 5 heteroatoms. The van der Waals surface area contributed by atoms with Crippen LogP contribution in [0, 0.1) is 0 Å². The van der Waals surface area contributed by atoms with Crippen molar-refractivity contribution < 1.29 is 0 Å². The number of anilines is 1. The molecule has 1 aromatic carbocycles. The van der Waals surface area contributed by atoms with Crippen molar-refractivity contribution in [2.75, 3.05) is 19.0 Å². The third-order valence-electron chi connectivity index (χ3n) is 3.54. The molecule has 0 atom stereocenters. The Morgan fingerprint density at radius 2 is 1.82 bits per heavy atom.